The second kappa shape index (κ2) is 11.1. The largest absolute Gasteiger partial charge is 0.381 e. The number of nitrogens with zero attached hydrogens (tertiary/aromatic N) is 1. The van der Waals surface area contributed by atoms with Crippen molar-refractivity contribution in [2.45, 2.75) is 80.4 Å². The van der Waals surface area contributed by atoms with Crippen LogP contribution in [0.1, 0.15) is 70.3 Å². The lowest BCUT2D eigenvalue weighted by atomic mass is 9.83. The van der Waals surface area contributed by atoms with Gasteiger partial charge in [-0.25, -0.2) is 12.8 Å². The third kappa shape index (κ3) is 5.12. The number of sulfone groups is 1. The highest BCUT2D eigenvalue weighted by Gasteiger charge is 2.48. The summed E-state index contributed by atoms with van der Waals surface area (Å²) in [5.74, 6) is -0.593. The zero-order valence-corrected chi connectivity index (χ0v) is 23.9. The number of anilines is 1. The first-order valence-electron chi connectivity index (χ1n) is 13.6. The van der Waals surface area contributed by atoms with Crippen LogP contribution in [0, 0.1) is 17.7 Å². The SMILES string of the molecule is C[C@H](C1CCCCC1)N(C(=O)C1CC1)c1c(F)cc(C2(S(=O)(=O)c3ccc(Cl)cc3)CCOCC2)cc1Cl. The number of hydrogen-bond donors (Lipinski definition) is 0. The van der Waals surface area contributed by atoms with E-state index in [-0.39, 0.29) is 71.0 Å². The van der Waals surface area contributed by atoms with Crippen LogP contribution in [-0.4, -0.2) is 33.6 Å². The molecule has 0 aromatic heterocycles. The fraction of sp³-hybridized carbons (Fsp3) is 0.552. The van der Waals surface area contributed by atoms with Crippen molar-refractivity contribution in [3.8, 4) is 0 Å². The van der Waals surface area contributed by atoms with Gasteiger partial charge < -0.3 is 9.64 Å². The summed E-state index contributed by atoms with van der Waals surface area (Å²) < 4.78 is 48.4. The number of rotatable bonds is 7. The molecule has 1 amide bonds. The van der Waals surface area contributed by atoms with Crippen molar-refractivity contribution in [1.82, 2.24) is 0 Å². The number of hydrogen-bond acceptors (Lipinski definition) is 4. The zero-order valence-electron chi connectivity index (χ0n) is 21.6. The van der Waals surface area contributed by atoms with E-state index in [0.29, 0.717) is 5.02 Å². The number of ether oxygens (including phenoxy) is 1. The van der Waals surface area contributed by atoms with Gasteiger partial charge in [-0.1, -0.05) is 42.5 Å². The van der Waals surface area contributed by atoms with E-state index >= 15 is 4.39 Å². The predicted octanol–water partition coefficient (Wildman–Crippen LogP) is 7.32. The van der Waals surface area contributed by atoms with Crippen molar-refractivity contribution in [2.24, 2.45) is 11.8 Å². The molecule has 3 fully saturated rings. The van der Waals surface area contributed by atoms with Gasteiger partial charge in [0, 0.05) is 30.2 Å². The molecule has 2 saturated carbocycles. The summed E-state index contributed by atoms with van der Waals surface area (Å²) in [7, 11) is -3.96. The van der Waals surface area contributed by atoms with E-state index < -0.39 is 20.4 Å². The lowest BCUT2D eigenvalue weighted by Gasteiger charge is -2.39. The molecule has 0 bridgehead atoms. The Morgan fingerprint density at radius 2 is 1.66 bits per heavy atom. The van der Waals surface area contributed by atoms with Gasteiger partial charge >= 0.3 is 0 Å². The Kier molecular flexibility index (Phi) is 8.12. The first kappa shape index (κ1) is 27.9. The van der Waals surface area contributed by atoms with Crippen LogP contribution in [0.3, 0.4) is 0 Å². The smallest absolute Gasteiger partial charge is 0.230 e. The van der Waals surface area contributed by atoms with Crippen molar-refractivity contribution in [3.63, 3.8) is 0 Å². The van der Waals surface area contributed by atoms with E-state index in [0.717, 1.165) is 38.5 Å². The first-order chi connectivity index (χ1) is 18.2. The van der Waals surface area contributed by atoms with Crippen LogP contribution in [0.5, 0.6) is 0 Å². The molecule has 0 radical (unpaired) electrons. The van der Waals surface area contributed by atoms with E-state index in [1.54, 1.807) is 11.0 Å². The van der Waals surface area contributed by atoms with Gasteiger partial charge in [0.25, 0.3) is 0 Å². The van der Waals surface area contributed by atoms with Crippen LogP contribution in [0.4, 0.5) is 10.1 Å². The number of halogens is 3. The molecule has 0 N–H and O–H groups in total. The number of carbonyl (C=O) groups is 1. The van der Waals surface area contributed by atoms with Crippen molar-refractivity contribution < 1.29 is 22.3 Å². The van der Waals surface area contributed by atoms with Gasteiger partial charge in [-0.3, -0.25) is 4.79 Å². The molecule has 3 aliphatic rings. The molecular formula is C29H34Cl2FNO4S. The maximum atomic E-state index is 16.2. The van der Waals surface area contributed by atoms with Crippen molar-refractivity contribution >= 4 is 44.6 Å². The minimum absolute atomic E-state index is 0.0637. The van der Waals surface area contributed by atoms with E-state index in [1.165, 1.54) is 36.8 Å². The normalized spacial score (nSPS) is 21.2. The minimum atomic E-state index is -3.96. The summed E-state index contributed by atoms with van der Waals surface area (Å²) in [5.41, 5.74) is 0.350. The molecule has 2 aromatic carbocycles. The molecule has 0 unspecified atom stereocenters. The summed E-state index contributed by atoms with van der Waals surface area (Å²) in [6.45, 7) is 2.43. The summed E-state index contributed by atoms with van der Waals surface area (Å²) in [6.07, 6.45) is 7.29. The second-order valence-corrected chi connectivity index (χ2v) is 14.1. The zero-order chi connectivity index (χ0) is 27.1. The van der Waals surface area contributed by atoms with Gasteiger partial charge in [0.05, 0.1) is 15.6 Å². The first-order valence-corrected chi connectivity index (χ1v) is 15.8. The molecule has 5 nitrogen and oxygen atoms in total. The minimum Gasteiger partial charge on any atom is -0.381 e. The Balaban J connectivity index is 1.59. The van der Waals surface area contributed by atoms with Crippen LogP contribution in [-0.2, 0) is 24.1 Å². The van der Waals surface area contributed by atoms with Crippen LogP contribution in [0.25, 0.3) is 0 Å². The third-order valence-corrected chi connectivity index (χ3v) is 11.7. The topological polar surface area (TPSA) is 63.7 Å². The maximum absolute atomic E-state index is 16.2. The molecule has 1 aliphatic heterocycles. The van der Waals surface area contributed by atoms with Crippen molar-refractivity contribution in [1.29, 1.82) is 0 Å². The van der Waals surface area contributed by atoms with Gasteiger partial charge in [0.15, 0.2) is 9.84 Å². The second-order valence-electron chi connectivity index (χ2n) is 11.0. The van der Waals surface area contributed by atoms with Crippen molar-refractivity contribution in [3.05, 3.63) is 57.8 Å². The molecule has 2 aliphatic carbocycles. The molecule has 1 heterocycles. The average molecular weight is 583 g/mol. The molecule has 2 aromatic rings. The van der Waals surface area contributed by atoms with Crippen LogP contribution in [0.15, 0.2) is 41.3 Å². The van der Waals surface area contributed by atoms with Crippen molar-refractivity contribution in [2.75, 3.05) is 18.1 Å². The predicted molar refractivity (Wildman–Crippen MR) is 148 cm³/mol. The Morgan fingerprint density at radius 3 is 2.24 bits per heavy atom. The summed E-state index contributed by atoms with van der Waals surface area (Å²) in [6, 6.07) is 8.65. The number of benzene rings is 2. The van der Waals surface area contributed by atoms with Crippen LogP contribution in [0.2, 0.25) is 10.0 Å². The van der Waals surface area contributed by atoms with Crippen LogP contribution < -0.4 is 4.90 Å². The number of amides is 1. The Labute approximate surface area is 234 Å². The van der Waals surface area contributed by atoms with Gasteiger partial charge in [-0.2, -0.15) is 0 Å². The molecule has 5 rings (SSSR count). The van der Waals surface area contributed by atoms with Gasteiger partial charge in [0.1, 0.15) is 10.6 Å². The van der Waals surface area contributed by atoms with E-state index in [2.05, 4.69) is 0 Å². The van der Waals surface area contributed by atoms with Gasteiger partial charge in [0.2, 0.25) is 5.91 Å². The fourth-order valence-electron chi connectivity index (χ4n) is 6.18. The highest BCUT2D eigenvalue weighted by molar-refractivity contribution is 7.92. The lowest BCUT2D eigenvalue weighted by molar-refractivity contribution is -0.120. The molecule has 0 spiro atoms. The van der Waals surface area contributed by atoms with Gasteiger partial charge in [-0.05, 0) is 93.3 Å². The Hall–Kier alpha value is -1.67. The maximum Gasteiger partial charge on any atom is 0.230 e. The van der Waals surface area contributed by atoms with E-state index in [9.17, 15) is 13.2 Å². The van der Waals surface area contributed by atoms with Crippen LogP contribution >= 0.6 is 23.2 Å². The molecule has 38 heavy (non-hydrogen) atoms. The average Bonchev–Trinajstić information content (AvgIpc) is 3.77. The molecule has 206 valence electrons. The third-order valence-electron chi connectivity index (χ3n) is 8.63. The summed E-state index contributed by atoms with van der Waals surface area (Å²) in [5, 5.41) is 0.491. The van der Waals surface area contributed by atoms with E-state index in [1.807, 2.05) is 6.92 Å². The Morgan fingerprint density at radius 1 is 1.03 bits per heavy atom. The fourth-order valence-corrected chi connectivity index (χ4v) is 8.68. The summed E-state index contributed by atoms with van der Waals surface area (Å²) in [4.78, 5) is 15.2. The quantitative estimate of drug-likeness (QED) is 0.343. The highest BCUT2D eigenvalue weighted by atomic mass is 35.5. The lowest BCUT2D eigenvalue weighted by Crippen LogP contribution is -2.45. The van der Waals surface area contributed by atoms with Gasteiger partial charge in [-0.15, -0.1) is 0 Å². The monoisotopic (exact) mass is 581 g/mol. The molecular weight excluding hydrogens is 548 g/mol. The summed E-state index contributed by atoms with van der Waals surface area (Å²) >= 11 is 12.8. The van der Waals surface area contributed by atoms with E-state index in [4.69, 9.17) is 27.9 Å². The molecule has 1 atom stereocenters. The molecule has 9 heteroatoms. The Bertz CT molecular complexity index is 1260. The highest BCUT2D eigenvalue weighted by Crippen LogP contribution is 2.47. The number of carbonyl (C=O) groups excluding carboxylic acids is 1. The molecule has 1 saturated heterocycles. The standard InChI is InChI=1S/C29H34Cl2FNO4S/c1-19(20-5-3-2-4-6-20)33(28(34)21-7-8-21)27-25(31)17-22(18-26(27)32)29(13-15-37-16-14-29)38(35,36)24-11-9-23(30)10-12-24/h9-12,17-21H,2-8,13-16H2,1H3/t19-/m1/s1.